The van der Waals surface area contributed by atoms with Crippen LogP contribution in [0, 0.1) is 16.0 Å². The van der Waals surface area contributed by atoms with E-state index < -0.39 is 48.9 Å². The number of ether oxygens (including phenoxy) is 5. The number of fused-ring (bicyclic) bond motifs is 11. The number of nitrogens with zero attached hydrogens (tertiary/aromatic N) is 1. The Balaban J connectivity index is 0.788. The summed E-state index contributed by atoms with van der Waals surface area (Å²) in [5.41, 5.74) is 1.89. The van der Waals surface area contributed by atoms with Gasteiger partial charge in [-0.05, 0) is 104 Å². The zero-order valence-corrected chi connectivity index (χ0v) is 39.5. The number of nitro benzene ring substituents is 1. The van der Waals surface area contributed by atoms with Gasteiger partial charge in [0, 0.05) is 69.1 Å². The summed E-state index contributed by atoms with van der Waals surface area (Å²) in [6.07, 6.45) is 2.95. The molecule has 16 nitrogen and oxygen atoms in total. The van der Waals surface area contributed by atoms with Gasteiger partial charge in [-0.2, -0.15) is 0 Å². The molecule has 360 valence electrons. The topological polar surface area (TPSA) is 202 Å². The molecule has 3 aliphatic heterocycles. The molecule has 4 aromatic carbocycles. The van der Waals surface area contributed by atoms with Gasteiger partial charge in [-0.25, -0.2) is 4.79 Å². The standard InChI is InChI=1S/C51H57NO15Si/c1-31-48-32(2)66-68(65-31,67-48)25-7-9-37(53)30-62-46(55)20-14-33(21-22-59-3)13-19-45(54)61-24-23-60-38-18-16-35-28-51(43-11-6-8-34-15-17-36(52(57)58)26-41(34)43)29-42(40(35)27-38)47-49(64-51)39-10-4-5-12-44(39)63-50(47)56/h4-6,8,10-12,15-18,26-27,31-33,37,42,48,53H,7,9,13-14,19-25,28-30H2,1-3H3/t31?,32?,33?,37?,42-,48?,51?,68?/m1/s1. The van der Waals surface area contributed by atoms with Crippen molar-refractivity contribution in [2.45, 2.75) is 114 Å². The van der Waals surface area contributed by atoms with Crippen molar-refractivity contribution in [3.63, 3.8) is 0 Å². The van der Waals surface area contributed by atoms with E-state index in [1.54, 1.807) is 31.4 Å². The summed E-state index contributed by atoms with van der Waals surface area (Å²) >= 11 is 0. The number of non-ortho nitro benzene ring substituents is 1. The number of carbonyl (C=O) groups is 2. The maximum atomic E-state index is 13.8. The molecule has 2 saturated heterocycles. The minimum Gasteiger partial charge on any atom is -0.490 e. The number of hydrogen-bond acceptors (Lipinski definition) is 15. The molecule has 0 radical (unpaired) electrons. The summed E-state index contributed by atoms with van der Waals surface area (Å²) in [5, 5.41) is 24.6. The van der Waals surface area contributed by atoms with Gasteiger partial charge in [-0.15, -0.1) is 0 Å². The third-order valence-corrected chi connectivity index (χ3v) is 16.9. The van der Waals surface area contributed by atoms with Crippen LogP contribution in [-0.4, -0.2) is 88.7 Å². The first-order chi connectivity index (χ1) is 32.8. The van der Waals surface area contributed by atoms with Crippen molar-refractivity contribution in [1.82, 2.24) is 0 Å². The molecule has 6 atom stereocenters. The Hall–Kier alpha value is -5.69. The average molecular weight is 952 g/mol. The van der Waals surface area contributed by atoms with Crippen LogP contribution in [0.2, 0.25) is 6.04 Å². The fraction of sp³-hybridized carbons (Fsp3) is 0.471. The summed E-state index contributed by atoms with van der Waals surface area (Å²) in [6.45, 7) is 4.44. The molecule has 17 heteroatoms. The maximum Gasteiger partial charge on any atom is 0.502 e. The van der Waals surface area contributed by atoms with Crippen LogP contribution in [0.15, 0.2) is 88.1 Å². The SMILES string of the molecule is COCCC(CCC(=O)OCCOc1ccc2c(c1)[C@H]1CC(c3cccc4ccc([N+](=O)[O-])cc34)(C2)Oc2c1c(=O)oc1ccccc21)CCC(=O)OCC(O)CCC[Si]12OC(C)C(O1)C(C)O2. The zero-order valence-electron chi connectivity index (χ0n) is 38.5. The average Bonchev–Trinajstić information content (AvgIpc) is 3.84. The van der Waals surface area contributed by atoms with Crippen molar-refractivity contribution < 1.29 is 61.0 Å². The van der Waals surface area contributed by atoms with Crippen molar-refractivity contribution in [2.75, 3.05) is 33.5 Å². The number of rotatable bonds is 21. The van der Waals surface area contributed by atoms with Gasteiger partial charge < -0.3 is 46.5 Å². The van der Waals surface area contributed by atoms with Gasteiger partial charge in [0.2, 0.25) is 0 Å². The highest BCUT2D eigenvalue weighted by molar-refractivity contribution is 6.62. The van der Waals surface area contributed by atoms with Gasteiger partial charge in [0.25, 0.3) is 5.69 Å². The molecule has 0 saturated carbocycles. The van der Waals surface area contributed by atoms with Crippen LogP contribution in [-0.2, 0) is 49.1 Å². The monoisotopic (exact) mass is 951 g/mol. The van der Waals surface area contributed by atoms with Crippen LogP contribution >= 0.6 is 0 Å². The van der Waals surface area contributed by atoms with E-state index in [1.807, 2.05) is 62.4 Å². The molecule has 1 aromatic heterocycles. The molecule has 4 bridgehead atoms. The molecule has 0 spiro atoms. The predicted octanol–water partition coefficient (Wildman–Crippen LogP) is 8.20. The molecule has 5 aromatic rings. The van der Waals surface area contributed by atoms with Gasteiger partial charge in [-0.3, -0.25) is 19.7 Å². The maximum absolute atomic E-state index is 13.8. The number of hydrogen-bond donors (Lipinski definition) is 1. The van der Waals surface area contributed by atoms with Crippen LogP contribution in [0.1, 0.15) is 93.4 Å². The first-order valence-corrected chi connectivity index (χ1v) is 25.5. The minimum atomic E-state index is -2.68. The second-order valence-corrected chi connectivity index (χ2v) is 21.0. The van der Waals surface area contributed by atoms with Gasteiger partial charge >= 0.3 is 26.4 Å². The third-order valence-electron chi connectivity index (χ3n) is 13.8. The van der Waals surface area contributed by atoms with E-state index in [1.165, 1.54) is 6.07 Å². The van der Waals surface area contributed by atoms with Crippen LogP contribution in [0.3, 0.4) is 0 Å². The minimum absolute atomic E-state index is 0.00826. The predicted molar refractivity (Wildman–Crippen MR) is 250 cm³/mol. The Kier molecular flexibility index (Phi) is 14.0. The van der Waals surface area contributed by atoms with Crippen LogP contribution in [0.5, 0.6) is 11.5 Å². The number of nitro groups is 1. The summed E-state index contributed by atoms with van der Waals surface area (Å²) in [4.78, 5) is 50.9. The van der Waals surface area contributed by atoms with E-state index in [9.17, 15) is 29.6 Å². The molecule has 5 unspecified atom stereocenters. The molecule has 1 N–H and O–H groups in total. The highest BCUT2D eigenvalue weighted by atomic mass is 28.4. The number of methoxy groups -OCH3 is 1. The summed E-state index contributed by atoms with van der Waals surface area (Å²) in [6, 6.07) is 24.2. The van der Waals surface area contributed by atoms with Crippen molar-refractivity contribution in [2.24, 2.45) is 5.92 Å². The molecule has 1 aliphatic carbocycles. The normalized spacial score (nSPS) is 24.2. The van der Waals surface area contributed by atoms with Gasteiger partial charge in [0.1, 0.15) is 42.5 Å². The lowest BCUT2D eigenvalue weighted by atomic mass is 9.66. The number of carbonyl (C=O) groups excluding carboxylic acids is 2. The molecule has 68 heavy (non-hydrogen) atoms. The number of aliphatic hydroxyl groups excluding tert-OH is 1. The van der Waals surface area contributed by atoms with E-state index in [4.69, 9.17) is 41.4 Å². The first-order valence-electron chi connectivity index (χ1n) is 23.5. The first kappa shape index (κ1) is 47.4. The summed E-state index contributed by atoms with van der Waals surface area (Å²) in [5.74, 6) is -0.287. The fourth-order valence-corrected chi connectivity index (χ4v) is 13.8. The molecule has 4 heterocycles. The quantitative estimate of drug-likeness (QED) is 0.0184. The van der Waals surface area contributed by atoms with Gasteiger partial charge in [0.15, 0.2) is 0 Å². The fourth-order valence-electron chi connectivity index (χ4n) is 10.5. The third kappa shape index (κ3) is 9.91. The van der Waals surface area contributed by atoms with Crippen molar-refractivity contribution in [3.8, 4) is 11.5 Å². The molecular formula is C51H57NO15Si. The number of benzene rings is 4. The van der Waals surface area contributed by atoms with E-state index >= 15 is 0 Å². The number of para-hydroxylation sites is 1. The Labute approximate surface area is 394 Å². The van der Waals surface area contributed by atoms with Crippen molar-refractivity contribution in [1.29, 1.82) is 0 Å². The Morgan fingerprint density at radius 1 is 0.882 bits per heavy atom. The van der Waals surface area contributed by atoms with Gasteiger partial charge in [0.05, 0.1) is 40.3 Å². The van der Waals surface area contributed by atoms with Crippen LogP contribution in [0.25, 0.3) is 21.7 Å². The smallest absolute Gasteiger partial charge is 0.490 e. The van der Waals surface area contributed by atoms with Crippen LogP contribution in [0.4, 0.5) is 5.69 Å². The largest absolute Gasteiger partial charge is 0.502 e. The lowest BCUT2D eigenvalue weighted by Gasteiger charge is -2.47. The molecule has 9 rings (SSSR count). The van der Waals surface area contributed by atoms with Gasteiger partial charge in [-0.1, -0.05) is 36.4 Å². The van der Waals surface area contributed by atoms with E-state index in [0.717, 1.165) is 22.1 Å². The summed E-state index contributed by atoms with van der Waals surface area (Å²) < 4.78 is 53.3. The molecular weight excluding hydrogens is 895 g/mol. The highest BCUT2D eigenvalue weighted by Gasteiger charge is 2.60. The van der Waals surface area contributed by atoms with E-state index in [0.29, 0.717) is 91.0 Å². The van der Waals surface area contributed by atoms with E-state index in [2.05, 4.69) is 0 Å². The van der Waals surface area contributed by atoms with Crippen molar-refractivity contribution >= 4 is 48.2 Å². The second kappa shape index (κ2) is 20.1. The number of esters is 2. The Morgan fingerprint density at radius 2 is 1.66 bits per heavy atom. The molecule has 4 aliphatic rings. The lowest BCUT2D eigenvalue weighted by molar-refractivity contribution is -0.384. The molecule has 2 fully saturated rings. The van der Waals surface area contributed by atoms with Crippen LogP contribution < -0.4 is 15.1 Å². The summed E-state index contributed by atoms with van der Waals surface area (Å²) in [7, 11) is -1.08. The highest BCUT2D eigenvalue weighted by Crippen LogP contribution is 2.56. The number of aliphatic hydroxyl groups is 1. The second-order valence-electron chi connectivity index (χ2n) is 18.4. The van der Waals surface area contributed by atoms with Crippen molar-refractivity contribution in [3.05, 3.63) is 122 Å². The molecule has 0 amide bonds. The lowest BCUT2D eigenvalue weighted by Crippen LogP contribution is -2.45. The zero-order chi connectivity index (χ0) is 47.6. The van der Waals surface area contributed by atoms with E-state index in [-0.39, 0.29) is 62.6 Å². The Bertz CT molecular complexity index is 2730. The Morgan fingerprint density at radius 3 is 2.43 bits per heavy atom.